The Balaban J connectivity index is 1.73. The summed E-state index contributed by atoms with van der Waals surface area (Å²) < 4.78 is 7.06. The van der Waals surface area contributed by atoms with E-state index in [-0.39, 0.29) is 0 Å². The van der Waals surface area contributed by atoms with E-state index in [1.165, 1.54) is 25.7 Å². The molecule has 15 heavy (non-hydrogen) atoms. The van der Waals surface area contributed by atoms with Crippen LogP contribution in [0.15, 0.2) is 19.6 Å². The van der Waals surface area contributed by atoms with E-state index in [1.54, 1.807) is 0 Å². The molecule has 0 aromatic carbocycles. The number of hydroxylamine groups is 1. The summed E-state index contributed by atoms with van der Waals surface area (Å²) >= 11 is 6.66. The summed E-state index contributed by atoms with van der Waals surface area (Å²) in [7, 11) is 0. The zero-order valence-electron chi connectivity index (χ0n) is 8.26. The molecule has 0 bridgehead atoms. The van der Waals surface area contributed by atoms with Gasteiger partial charge in [-0.3, -0.25) is 4.84 Å². The molecule has 1 fully saturated rings. The second-order valence-corrected chi connectivity index (χ2v) is 5.25. The lowest BCUT2D eigenvalue weighted by atomic mass is 10.3. The molecule has 0 spiro atoms. The van der Waals surface area contributed by atoms with Crippen LogP contribution < -0.4 is 5.48 Å². The molecule has 0 saturated heterocycles. The molecule has 1 aliphatic rings. The number of halogens is 2. The Morgan fingerprint density at radius 1 is 1.40 bits per heavy atom. The second kappa shape index (κ2) is 5.48. The van der Waals surface area contributed by atoms with Gasteiger partial charge in [0.1, 0.15) is 5.76 Å². The maximum Gasteiger partial charge on any atom is 0.183 e. The predicted molar refractivity (Wildman–Crippen MR) is 64.3 cm³/mol. The van der Waals surface area contributed by atoms with Crippen molar-refractivity contribution in [1.29, 1.82) is 0 Å². The first-order chi connectivity index (χ1) is 7.25. The highest BCUT2D eigenvalue weighted by Crippen LogP contribution is 2.26. The van der Waals surface area contributed by atoms with Crippen LogP contribution in [0.1, 0.15) is 31.4 Å². The highest BCUT2D eigenvalue weighted by molar-refractivity contribution is 9.13. The number of hydrogen-bond acceptors (Lipinski definition) is 3. The smallest absolute Gasteiger partial charge is 0.183 e. The third-order valence-corrected chi connectivity index (χ3v) is 4.20. The highest BCUT2D eigenvalue weighted by atomic mass is 79.9. The van der Waals surface area contributed by atoms with Crippen LogP contribution in [-0.4, -0.2) is 6.10 Å². The molecule has 1 aromatic rings. The van der Waals surface area contributed by atoms with Crippen LogP contribution in [0.3, 0.4) is 0 Å². The van der Waals surface area contributed by atoms with Crippen molar-refractivity contribution in [3.05, 3.63) is 21.0 Å². The Morgan fingerprint density at radius 2 is 2.13 bits per heavy atom. The molecule has 1 saturated carbocycles. The number of hydrogen-bond donors (Lipinski definition) is 1. The molecule has 2 rings (SSSR count). The van der Waals surface area contributed by atoms with E-state index in [0.717, 1.165) is 14.9 Å². The van der Waals surface area contributed by atoms with E-state index in [4.69, 9.17) is 9.25 Å². The predicted octanol–water partition coefficient (Wildman–Crippen LogP) is 3.77. The quantitative estimate of drug-likeness (QED) is 0.848. The zero-order valence-corrected chi connectivity index (χ0v) is 11.4. The molecule has 84 valence electrons. The van der Waals surface area contributed by atoms with Crippen LogP contribution in [-0.2, 0) is 11.4 Å². The Labute approximate surface area is 106 Å². The lowest BCUT2D eigenvalue weighted by molar-refractivity contribution is -0.0268. The van der Waals surface area contributed by atoms with E-state index < -0.39 is 0 Å². The van der Waals surface area contributed by atoms with Crippen molar-refractivity contribution < 1.29 is 9.25 Å². The molecule has 1 N–H and O–H groups in total. The van der Waals surface area contributed by atoms with Crippen molar-refractivity contribution in [1.82, 2.24) is 5.48 Å². The van der Waals surface area contributed by atoms with Gasteiger partial charge >= 0.3 is 0 Å². The van der Waals surface area contributed by atoms with Gasteiger partial charge in [0.15, 0.2) is 4.67 Å². The average molecular weight is 339 g/mol. The molecule has 5 heteroatoms. The Morgan fingerprint density at radius 3 is 2.73 bits per heavy atom. The van der Waals surface area contributed by atoms with Crippen LogP contribution in [0.4, 0.5) is 0 Å². The number of nitrogens with one attached hydrogen (secondary N) is 1. The first-order valence-corrected chi connectivity index (χ1v) is 6.66. The van der Waals surface area contributed by atoms with Crippen LogP contribution in [0.2, 0.25) is 0 Å². The number of furan rings is 1. The molecule has 1 heterocycles. The maximum atomic E-state index is 5.52. The second-order valence-electron chi connectivity index (χ2n) is 3.68. The van der Waals surface area contributed by atoms with Gasteiger partial charge in [0, 0.05) is 0 Å². The molecule has 0 amide bonds. The molecular formula is C10H13Br2NO2. The minimum Gasteiger partial charge on any atom is -0.452 e. The Bertz CT molecular complexity index is 302. The van der Waals surface area contributed by atoms with Crippen molar-refractivity contribution in [2.24, 2.45) is 0 Å². The van der Waals surface area contributed by atoms with Gasteiger partial charge in [-0.15, -0.1) is 0 Å². The molecule has 1 aromatic heterocycles. The monoisotopic (exact) mass is 337 g/mol. The SMILES string of the molecule is Brc1cc(CNOC2CCCC2)oc1Br. The normalized spacial score (nSPS) is 17.5. The molecule has 0 radical (unpaired) electrons. The fourth-order valence-corrected chi connectivity index (χ4v) is 2.37. The van der Waals surface area contributed by atoms with E-state index >= 15 is 0 Å². The van der Waals surface area contributed by atoms with Crippen LogP contribution in [0.25, 0.3) is 0 Å². The fraction of sp³-hybridized carbons (Fsp3) is 0.600. The molecule has 3 nitrogen and oxygen atoms in total. The molecule has 0 unspecified atom stereocenters. The third kappa shape index (κ3) is 3.31. The summed E-state index contributed by atoms with van der Waals surface area (Å²) in [6.45, 7) is 0.598. The van der Waals surface area contributed by atoms with Crippen molar-refractivity contribution >= 4 is 31.9 Å². The van der Waals surface area contributed by atoms with E-state index in [0.29, 0.717) is 12.6 Å². The maximum absolute atomic E-state index is 5.52. The lowest BCUT2D eigenvalue weighted by Crippen LogP contribution is -2.20. The first kappa shape index (κ1) is 11.6. The van der Waals surface area contributed by atoms with E-state index in [9.17, 15) is 0 Å². The average Bonchev–Trinajstić information content (AvgIpc) is 2.79. The Hall–Kier alpha value is 0.160. The van der Waals surface area contributed by atoms with Crippen LogP contribution >= 0.6 is 31.9 Å². The molecular weight excluding hydrogens is 326 g/mol. The van der Waals surface area contributed by atoms with Gasteiger partial charge in [0.25, 0.3) is 0 Å². The molecule has 0 atom stereocenters. The van der Waals surface area contributed by atoms with Gasteiger partial charge in [-0.05, 0) is 50.8 Å². The first-order valence-electron chi connectivity index (χ1n) is 5.08. The standard InChI is InChI=1S/C10H13Br2NO2/c11-9-5-8(14-10(9)12)6-13-15-7-3-1-2-4-7/h5,7,13H,1-4,6H2. The molecule has 0 aliphatic heterocycles. The third-order valence-electron chi connectivity index (χ3n) is 2.49. The van der Waals surface area contributed by atoms with Gasteiger partial charge in [0.05, 0.1) is 17.1 Å². The van der Waals surface area contributed by atoms with Gasteiger partial charge in [-0.25, -0.2) is 0 Å². The largest absolute Gasteiger partial charge is 0.452 e. The highest BCUT2D eigenvalue weighted by Gasteiger charge is 2.15. The minimum atomic E-state index is 0.381. The van der Waals surface area contributed by atoms with Crippen molar-refractivity contribution in [2.45, 2.75) is 38.3 Å². The van der Waals surface area contributed by atoms with Gasteiger partial charge in [-0.2, -0.15) is 5.48 Å². The fourth-order valence-electron chi connectivity index (χ4n) is 1.72. The Kier molecular flexibility index (Phi) is 4.25. The van der Waals surface area contributed by atoms with Crippen LogP contribution in [0, 0.1) is 0 Å². The van der Waals surface area contributed by atoms with Crippen molar-refractivity contribution in [3.8, 4) is 0 Å². The lowest BCUT2D eigenvalue weighted by Gasteiger charge is -2.10. The molecule has 1 aliphatic carbocycles. The van der Waals surface area contributed by atoms with Crippen molar-refractivity contribution in [3.63, 3.8) is 0 Å². The van der Waals surface area contributed by atoms with Crippen LogP contribution in [0.5, 0.6) is 0 Å². The minimum absolute atomic E-state index is 0.381. The zero-order chi connectivity index (χ0) is 10.7. The summed E-state index contributed by atoms with van der Waals surface area (Å²) in [5.74, 6) is 0.853. The topological polar surface area (TPSA) is 34.4 Å². The van der Waals surface area contributed by atoms with Crippen molar-refractivity contribution in [2.75, 3.05) is 0 Å². The summed E-state index contributed by atoms with van der Waals surface area (Å²) in [5, 5.41) is 0. The summed E-state index contributed by atoms with van der Waals surface area (Å²) in [5.41, 5.74) is 2.95. The number of rotatable bonds is 4. The summed E-state index contributed by atoms with van der Waals surface area (Å²) in [6, 6.07) is 1.93. The van der Waals surface area contributed by atoms with E-state index in [2.05, 4.69) is 37.3 Å². The van der Waals surface area contributed by atoms with Gasteiger partial charge in [-0.1, -0.05) is 12.8 Å². The summed E-state index contributed by atoms with van der Waals surface area (Å²) in [4.78, 5) is 5.52. The summed E-state index contributed by atoms with van der Waals surface area (Å²) in [6.07, 6.45) is 5.28. The van der Waals surface area contributed by atoms with Gasteiger partial charge < -0.3 is 4.42 Å². The van der Waals surface area contributed by atoms with E-state index in [1.807, 2.05) is 6.07 Å². The van der Waals surface area contributed by atoms with Gasteiger partial charge in [0.2, 0.25) is 0 Å².